The van der Waals surface area contributed by atoms with Crippen LogP contribution in [0.2, 0.25) is 0 Å². The molecule has 2 aromatic heterocycles. The SMILES string of the molecule is CCc1cccc2c1N=CC2=Cc1sc(=S)n(Cc2ccco2)c1O. The monoisotopic (exact) mass is 368 g/mol. The van der Waals surface area contributed by atoms with E-state index in [-0.39, 0.29) is 5.88 Å². The number of aromatic nitrogens is 1. The number of aryl methyl sites for hydroxylation is 1. The van der Waals surface area contributed by atoms with Gasteiger partial charge < -0.3 is 9.52 Å². The smallest absolute Gasteiger partial charge is 0.211 e. The molecule has 4 nitrogen and oxygen atoms in total. The van der Waals surface area contributed by atoms with Gasteiger partial charge in [0.25, 0.3) is 0 Å². The standard InChI is InChI=1S/C19H16N2O2S2/c1-2-12-5-3-7-15-13(10-20-17(12)15)9-16-18(22)21(19(24)25-16)11-14-6-4-8-23-14/h3-10,22H,2,11H2,1H3. The summed E-state index contributed by atoms with van der Waals surface area (Å²) in [6.45, 7) is 2.54. The third-order valence-corrected chi connectivity index (χ3v) is 5.60. The summed E-state index contributed by atoms with van der Waals surface area (Å²) < 4.78 is 7.64. The average Bonchev–Trinajstić information content (AvgIpc) is 3.33. The van der Waals surface area contributed by atoms with Gasteiger partial charge in [0.1, 0.15) is 5.76 Å². The van der Waals surface area contributed by atoms with Gasteiger partial charge in [-0.3, -0.25) is 9.56 Å². The van der Waals surface area contributed by atoms with E-state index in [0.717, 1.165) is 33.9 Å². The Balaban J connectivity index is 1.73. The molecule has 1 aromatic carbocycles. The van der Waals surface area contributed by atoms with Gasteiger partial charge in [0, 0.05) is 17.4 Å². The van der Waals surface area contributed by atoms with E-state index in [9.17, 15) is 5.11 Å². The maximum absolute atomic E-state index is 10.6. The number of thiazole rings is 1. The van der Waals surface area contributed by atoms with Gasteiger partial charge in [0.15, 0.2) is 3.95 Å². The molecule has 1 aliphatic heterocycles. The predicted molar refractivity (Wildman–Crippen MR) is 104 cm³/mol. The van der Waals surface area contributed by atoms with Crippen molar-refractivity contribution in [1.82, 2.24) is 4.57 Å². The van der Waals surface area contributed by atoms with Crippen LogP contribution in [0.25, 0.3) is 11.6 Å². The summed E-state index contributed by atoms with van der Waals surface area (Å²) in [6, 6.07) is 9.89. The van der Waals surface area contributed by atoms with Crippen molar-refractivity contribution in [3.05, 3.63) is 62.3 Å². The molecular weight excluding hydrogens is 352 g/mol. The van der Waals surface area contributed by atoms with Crippen LogP contribution in [0.5, 0.6) is 5.88 Å². The molecule has 1 N–H and O–H groups in total. The quantitative estimate of drug-likeness (QED) is 0.623. The van der Waals surface area contributed by atoms with Crippen molar-refractivity contribution in [1.29, 1.82) is 0 Å². The summed E-state index contributed by atoms with van der Waals surface area (Å²) in [5, 5.41) is 10.6. The van der Waals surface area contributed by atoms with Gasteiger partial charge in [0.2, 0.25) is 5.88 Å². The van der Waals surface area contributed by atoms with E-state index < -0.39 is 0 Å². The topological polar surface area (TPSA) is 50.7 Å². The summed E-state index contributed by atoms with van der Waals surface area (Å²) in [5.41, 5.74) is 4.33. The highest BCUT2D eigenvalue weighted by Crippen LogP contribution is 2.38. The zero-order valence-corrected chi connectivity index (χ0v) is 15.2. The second-order valence-corrected chi connectivity index (χ2v) is 7.42. The van der Waals surface area contributed by atoms with Crippen molar-refractivity contribution in [3.63, 3.8) is 0 Å². The summed E-state index contributed by atoms with van der Waals surface area (Å²) >= 11 is 6.79. The van der Waals surface area contributed by atoms with Crippen LogP contribution < -0.4 is 0 Å². The maximum Gasteiger partial charge on any atom is 0.211 e. The van der Waals surface area contributed by atoms with Gasteiger partial charge in [-0.1, -0.05) is 25.1 Å². The first-order valence-electron chi connectivity index (χ1n) is 8.00. The molecule has 25 heavy (non-hydrogen) atoms. The first kappa shape index (κ1) is 16.1. The number of aromatic hydroxyl groups is 1. The lowest BCUT2D eigenvalue weighted by molar-refractivity contribution is 0.407. The molecule has 0 saturated carbocycles. The Kier molecular flexibility index (Phi) is 4.15. The fraction of sp³-hybridized carbons (Fsp3) is 0.158. The molecule has 0 atom stereocenters. The number of nitrogens with zero attached hydrogens (tertiary/aromatic N) is 2. The first-order valence-corrected chi connectivity index (χ1v) is 9.23. The number of furan rings is 1. The van der Waals surface area contributed by atoms with Gasteiger partial charge in [-0.05, 0) is 42.4 Å². The van der Waals surface area contributed by atoms with Crippen molar-refractivity contribution >= 4 is 47.1 Å². The zero-order valence-electron chi connectivity index (χ0n) is 13.6. The van der Waals surface area contributed by atoms with Crippen LogP contribution in [0.4, 0.5) is 5.69 Å². The number of para-hydroxylation sites is 1. The molecule has 3 aromatic rings. The second-order valence-electron chi connectivity index (χ2n) is 5.75. The number of fused-ring (bicyclic) bond motifs is 1. The Hall–Kier alpha value is -2.44. The number of hydrogen-bond donors (Lipinski definition) is 1. The minimum absolute atomic E-state index is 0.160. The van der Waals surface area contributed by atoms with Gasteiger partial charge in [-0.25, -0.2) is 0 Å². The Morgan fingerprint density at radius 2 is 2.20 bits per heavy atom. The van der Waals surface area contributed by atoms with Crippen molar-refractivity contribution < 1.29 is 9.52 Å². The summed E-state index contributed by atoms with van der Waals surface area (Å²) in [7, 11) is 0. The lowest BCUT2D eigenvalue weighted by Crippen LogP contribution is -1.97. The van der Waals surface area contributed by atoms with Gasteiger partial charge >= 0.3 is 0 Å². The molecule has 0 unspecified atom stereocenters. The van der Waals surface area contributed by atoms with E-state index >= 15 is 0 Å². The van der Waals surface area contributed by atoms with Crippen LogP contribution in [0.3, 0.4) is 0 Å². The second kappa shape index (κ2) is 6.46. The Morgan fingerprint density at radius 1 is 1.32 bits per heavy atom. The Morgan fingerprint density at radius 3 is 2.96 bits per heavy atom. The molecular formula is C19H16N2O2S2. The van der Waals surface area contributed by atoms with Crippen LogP contribution in [0.1, 0.15) is 28.7 Å². The molecule has 0 radical (unpaired) electrons. The first-order chi connectivity index (χ1) is 12.2. The van der Waals surface area contributed by atoms with E-state index in [4.69, 9.17) is 16.6 Å². The lowest BCUT2D eigenvalue weighted by atomic mass is 10.0. The van der Waals surface area contributed by atoms with Gasteiger partial charge in [-0.15, -0.1) is 11.3 Å². The molecule has 4 rings (SSSR count). The molecule has 6 heteroatoms. The molecule has 0 fully saturated rings. The predicted octanol–water partition coefficient (Wildman–Crippen LogP) is 5.44. The van der Waals surface area contributed by atoms with Crippen molar-refractivity contribution in [3.8, 4) is 5.88 Å². The highest BCUT2D eigenvalue weighted by Gasteiger charge is 2.17. The molecule has 0 aliphatic carbocycles. The number of aliphatic imine (C=N–C) groups is 1. The third kappa shape index (κ3) is 2.88. The molecule has 0 spiro atoms. The van der Waals surface area contributed by atoms with Crippen LogP contribution >= 0.6 is 23.6 Å². The van der Waals surface area contributed by atoms with Gasteiger partial charge in [0.05, 0.1) is 23.4 Å². The van der Waals surface area contributed by atoms with E-state index in [1.54, 1.807) is 10.8 Å². The molecule has 0 saturated heterocycles. The van der Waals surface area contributed by atoms with E-state index in [2.05, 4.69) is 24.0 Å². The summed E-state index contributed by atoms with van der Waals surface area (Å²) in [4.78, 5) is 5.28. The largest absolute Gasteiger partial charge is 0.493 e. The highest BCUT2D eigenvalue weighted by molar-refractivity contribution is 7.73. The molecule has 1 aliphatic rings. The third-order valence-electron chi connectivity index (χ3n) is 4.22. The van der Waals surface area contributed by atoms with Crippen LogP contribution in [0, 0.1) is 3.95 Å². The number of allylic oxidation sites excluding steroid dienone is 1. The number of rotatable bonds is 4. The summed E-state index contributed by atoms with van der Waals surface area (Å²) in [5.74, 6) is 0.913. The fourth-order valence-corrected chi connectivity index (χ4v) is 4.19. The summed E-state index contributed by atoms with van der Waals surface area (Å²) in [6.07, 6.45) is 6.35. The highest BCUT2D eigenvalue weighted by atomic mass is 32.1. The fourth-order valence-electron chi connectivity index (χ4n) is 2.93. The van der Waals surface area contributed by atoms with E-state index in [1.807, 2.05) is 30.5 Å². The van der Waals surface area contributed by atoms with Gasteiger partial charge in [-0.2, -0.15) is 0 Å². The molecule has 0 bridgehead atoms. The lowest BCUT2D eigenvalue weighted by Gasteiger charge is -2.04. The van der Waals surface area contributed by atoms with Crippen LogP contribution in [-0.4, -0.2) is 15.9 Å². The van der Waals surface area contributed by atoms with Crippen LogP contribution in [0.15, 0.2) is 46.0 Å². The van der Waals surface area contributed by atoms with Crippen molar-refractivity contribution in [2.75, 3.05) is 0 Å². The van der Waals surface area contributed by atoms with Crippen molar-refractivity contribution in [2.45, 2.75) is 19.9 Å². The van der Waals surface area contributed by atoms with E-state index in [0.29, 0.717) is 10.5 Å². The minimum atomic E-state index is 0.160. The normalized spacial score (nSPS) is 14.4. The average molecular weight is 368 g/mol. The Bertz CT molecular complexity index is 1040. The molecule has 126 valence electrons. The van der Waals surface area contributed by atoms with Crippen molar-refractivity contribution in [2.24, 2.45) is 4.99 Å². The molecule has 0 amide bonds. The Labute approximate surface area is 154 Å². The maximum atomic E-state index is 10.6. The molecule has 3 heterocycles. The number of hydrogen-bond acceptors (Lipinski definition) is 5. The van der Waals surface area contributed by atoms with E-state index in [1.165, 1.54) is 16.9 Å². The number of benzene rings is 1. The minimum Gasteiger partial charge on any atom is -0.493 e. The van der Waals surface area contributed by atoms with Crippen LogP contribution in [-0.2, 0) is 13.0 Å². The zero-order chi connectivity index (χ0) is 17.4.